The van der Waals surface area contributed by atoms with Gasteiger partial charge in [-0.25, -0.2) is 15.8 Å². The largest absolute Gasteiger partial charge is 0.365 e. The number of pyridine rings is 1. The number of nitrogens with two attached hydrogens (primary N) is 1. The second-order valence-electron chi connectivity index (χ2n) is 3.69. The van der Waals surface area contributed by atoms with E-state index in [1.54, 1.807) is 0 Å². The predicted octanol–water partition coefficient (Wildman–Crippen LogP) is 1.84. The monoisotopic (exact) mass is 308 g/mol. The average molecular weight is 309 g/mol. The van der Waals surface area contributed by atoms with Crippen LogP contribution >= 0.6 is 15.9 Å². The van der Waals surface area contributed by atoms with Gasteiger partial charge in [-0.2, -0.15) is 0 Å². The summed E-state index contributed by atoms with van der Waals surface area (Å²) in [6.07, 6.45) is 3.27. The van der Waals surface area contributed by atoms with E-state index in [-0.39, 0.29) is 0 Å². The van der Waals surface area contributed by atoms with Gasteiger partial charge in [0.1, 0.15) is 16.6 Å². The number of nitrogen functional groups attached to an aromatic ring is 1. The third-order valence-electron chi connectivity index (χ3n) is 2.36. The topological polar surface area (TPSA) is 88.8 Å². The molecule has 0 saturated heterocycles. The zero-order valence-electron chi connectivity index (χ0n) is 9.81. The van der Waals surface area contributed by atoms with Crippen molar-refractivity contribution in [2.75, 3.05) is 10.7 Å². The maximum absolute atomic E-state index is 5.34. The Balaban J connectivity index is 2.08. The molecule has 2 heterocycles. The Morgan fingerprint density at radius 3 is 2.67 bits per heavy atom. The Morgan fingerprint density at radius 1 is 1.22 bits per heavy atom. The molecule has 6 nitrogen and oxygen atoms in total. The molecule has 2 rings (SSSR count). The Kier molecular flexibility index (Phi) is 4.06. The van der Waals surface area contributed by atoms with E-state index in [2.05, 4.69) is 41.6 Å². The Labute approximate surface area is 113 Å². The Hall–Kier alpha value is -1.73. The number of hydrazine groups is 1. The van der Waals surface area contributed by atoms with Crippen molar-refractivity contribution in [1.29, 1.82) is 0 Å². The van der Waals surface area contributed by atoms with Gasteiger partial charge in [0.25, 0.3) is 0 Å². The number of nitrogens with zero attached hydrogens (tertiary/aromatic N) is 3. The summed E-state index contributed by atoms with van der Waals surface area (Å²) < 4.78 is 0.701. The summed E-state index contributed by atoms with van der Waals surface area (Å²) in [4.78, 5) is 12.3. The first-order chi connectivity index (χ1) is 8.70. The van der Waals surface area contributed by atoms with E-state index in [4.69, 9.17) is 5.84 Å². The molecule has 0 aliphatic heterocycles. The standard InChI is InChI=1S/C11H13BrN6/c1-7-2-3-8(4-14-7)5-15-10-9(12)11(18-13)17-6-16-10/h2-4,6H,5,13H2,1H3,(H2,15,16,17,18). The first-order valence-electron chi connectivity index (χ1n) is 5.33. The minimum Gasteiger partial charge on any atom is -0.365 e. The summed E-state index contributed by atoms with van der Waals surface area (Å²) in [6, 6.07) is 3.99. The fraction of sp³-hybridized carbons (Fsp3) is 0.182. The second kappa shape index (κ2) is 5.74. The molecule has 94 valence electrons. The fourth-order valence-corrected chi connectivity index (χ4v) is 1.84. The minimum atomic E-state index is 0.537. The average Bonchev–Trinajstić information content (AvgIpc) is 2.39. The summed E-state index contributed by atoms with van der Waals surface area (Å²) in [5, 5.41) is 3.19. The number of aryl methyl sites for hydroxylation is 1. The number of hydrogen-bond donors (Lipinski definition) is 3. The van der Waals surface area contributed by atoms with Gasteiger partial charge in [0.15, 0.2) is 5.82 Å². The number of halogens is 1. The van der Waals surface area contributed by atoms with Gasteiger partial charge in [0.2, 0.25) is 0 Å². The highest BCUT2D eigenvalue weighted by Crippen LogP contribution is 2.25. The van der Waals surface area contributed by atoms with Crippen molar-refractivity contribution in [2.24, 2.45) is 5.84 Å². The van der Waals surface area contributed by atoms with Crippen molar-refractivity contribution >= 4 is 27.6 Å². The van der Waals surface area contributed by atoms with Gasteiger partial charge in [-0.1, -0.05) is 6.07 Å². The van der Waals surface area contributed by atoms with E-state index in [0.717, 1.165) is 11.3 Å². The lowest BCUT2D eigenvalue weighted by Gasteiger charge is -2.09. The molecule has 0 spiro atoms. The molecule has 0 bridgehead atoms. The predicted molar refractivity (Wildman–Crippen MR) is 73.8 cm³/mol. The zero-order valence-corrected chi connectivity index (χ0v) is 11.4. The van der Waals surface area contributed by atoms with Crippen LogP contribution in [-0.4, -0.2) is 15.0 Å². The van der Waals surface area contributed by atoms with E-state index < -0.39 is 0 Å². The van der Waals surface area contributed by atoms with Crippen molar-refractivity contribution < 1.29 is 0 Å². The molecule has 0 atom stereocenters. The molecule has 2 aromatic rings. The van der Waals surface area contributed by atoms with Crippen molar-refractivity contribution in [3.05, 3.63) is 40.4 Å². The van der Waals surface area contributed by atoms with Crippen molar-refractivity contribution in [3.63, 3.8) is 0 Å². The van der Waals surface area contributed by atoms with Crippen LogP contribution < -0.4 is 16.6 Å². The summed E-state index contributed by atoms with van der Waals surface area (Å²) in [5.74, 6) is 6.55. The summed E-state index contributed by atoms with van der Waals surface area (Å²) >= 11 is 3.38. The molecule has 18 heavy (non-hydrogen) atoms. The lowest BCUT2D eigenvalue weighted by atomic mass is 10.2. The van der Waals surface area contributed by atoms with E-state index in [1.165, 1.54) is 6.33 Å². The van der Waals surface area contributed by atoms with E-state index in [0.29, 0.717) is 22.7 Å². The number of nitrogens with one attached hydrogen (secondary N) is 2. The maximum atomic E-state index is 5.34. The highest BCUT2D eigenvalue weighted by atomic mass is 79.9. The zero-order chi connectivity index (χ0) is 13.0. The summed E-state index contributed by atoms with van der Waals surface area (Å²) in [7, 11) is 0. The van der Waals surface area contributed by atoms with Crippen LogP contribution in [0.25, 0.3) is 0 Å². The number of anilines is 2. The van der Waals surface area contributed by atoms with Crippen LogP contribution in [0.1, 0.15) is 11.3 Å². The Morgan fingerprint density at radius 2 is 2.00 bits per heavy atom. The lowest BCUT2D eigenvalue weighted by Crippen LogP contribution is -2.11. The maximum Gasteiger partial charge on any atom is 0.159 e. The normalized spacial score (nSPS) is 10.2. The Bertz CT molecular complexity index is 528. The van der Waals surface area contributed by atoms with Gasteiger partial charge in [-0.05, 0) is 34.5 Å². The third-order valence-corrected chi connectivity index (χ3v) is 3.11. The van der Waals surface area contributed by atoms with Gasteiger partial charge in [-0.15, -0.1) is 0 Å². The summed E-state index contributed by atoms with van der Waals surface area (Å²) in [6.45, 7) is 2.59. The molecule has 2 aromatic heterocycles. The van der Waals surface area contributed by atoms with Gasteiger partial charge < -0.3 is 10.7 Å². The molecule has 0 amide bonds. The SMILES string of the molecule is Cc1ccc(CNc2ncnc(NN)c2Br)cn1. The van der Waals surface area contributed by atoms with Gasteiger partial charge in [-0.3, -0.25) is 4.98 Å². The smallest absolute Gasteiger partial charge is 0.159 e. The molecule has 0 unspecified atom stereocenters. The van der Waals surface area contributed by atoms with Crippen molar-refractivity contribution in [3.8, 4) is 0 Å². The van der Waals surface area contributed by atoms with E-state index in [9.17, 15) is 0 Å². The first-order valence-corrected chi connectivity index (χ1v) is 6.12. The molecule has 4 N–H and O–H groups in total. The molecule has 7 heteroatoms. The molecular weight excluding hydrogens is 296 g/mol. The number of hydrogen-bond acceptors (Lipinski definition) is 6. The minimum absolute atomic E-state index is 0.537. The molecule has 0 aromatic carbocycles. The molecule has 0 fully saturated rings. The third kappa shape index (κ3) is 2.93. The fourth-order valence-electron chi connectivity index (χ4n) is 1.38. The van der Waals surface area contributed by atoms with E-state index in [1.807, 2.05) is 25.3 Å². The molecule has 0 saturated carbocycles. The van der Waals surface area contributed by atoms with Crippen LogP contribution in [0.15, 0.2) is 29.1 Å². The number of rotatable bonds is 4. The molecule has 0 aliphatic rings. The number of aromatic nitrogens is 3. The quantitative estimate of drug-likeness (QED) is 0.590. The van der Waals surface area contributed by atoms with Crippen LogP contribution in [0, 0.1) is 6.92 Å². The first kappa shape index (κ1) is 12.7. The van der Waals surface area contributed by atoms with Gasteiger partial charge in [0.05, 0.1) is 0 Å². The molecule has 0 aliphatic carbocycles. The second-order valence-corrected chi connectivity index (χ2v) is 4.48. The van der Waals surface area contributed by atoms with Crippen LogP contribution in [0.4, 0.5) is 11.6 Å². The van der Waals surface area contributed by atoms with Crippen LogP contribution in [0.2, 0.25) is 0 Å². The molecular formula is C11H13BrN6. The summed E-state index contributed by atoms with van der Waals surface area (Å²) in [5.41, 5.74) is 4.56. The van der Waals surface area contributed by atoms with Crippen molar-refractivity contribution in [2.45, 2.75) is 13.5 Å². The molecule has 0 radical (unpaired) electrons. The highest BCUT2D eigenvalue weighted by molar-refractivity contribution is 9.10. The van der Waals surface area contributed by atoms with Crippen molar-refractivity contribution in [1.82, 2.24) is 15.0 Å². The lowest BCUT2D eigenvalue weighted by molar-refractivity contribution is 1.04. The van der Waals surface area contributed by atoms with E-state index >= 15 is 0 Å². The van der Waals surface area contributed by atoms with Crippen LogP contribution in [0.3, 0.4) is 0 Å². The van der Waals surface area contributed by atoms with Crippen LogP contribution in [0.5, 0.6) is 0 Å². The van der Waals surface area contributed by atoms with Gasteiger partial charge in [0, 0.05) is 18.4 Å². The van der Waals surface area contributed by atoms with Gasteiger partial charge >= 0.3 is 0 Å². The van der Waals surface area contributed by atoms with Crippen LogP contribution in [-0.2, 0) is 6.54 Å². The highest BCUT2D eigenvalue weighted by Gasteiger charge is 2.07.